The zero-order valence-corrected chi connectivity index (χ0v) is 19.9. The van der Waals surface area contributed by atoms with Crippen LogP contribution in [-0.2, 0) is 11.3 Å². The molecule has 5 nitrogen and oxygen atoms in total. The highest BCUT2D eigenvalue weighted by Gasteiger charge is 2.12. The Balaban J connectivity index is 1.38. The molecular weight excluding hydrogens is 449 g/mol. The van der Waals surface area contributed by atoms with E-state index in [4.69, 9.17) is 0 Å². The van der Waals surface area contributed by atoms with Gasteiger partial charge in [0.1, 0.15) is 5.82 Å². The van der Waals surface area contributed by atoms with Gasteiger partial charge in [-0.05, 0) is 55.8 Å². The van der Waals surface area contributed by atoms with Gasteiger partial charge < -0.3 is 15.2 Å². The van der Waals surface area contributed by atoms with Crippen molar-refractivity contribution in [3.05, 3.63) is 95.4 Å². The Morgan fingerprint density at radius 3 is 2.53 bits per heavy atom. The van der Waals surface area contributed by atoms with E-state index in [1.165, 1.54) is 36.0 Å². The topological polar surface area (TPSA) is 63.1 Å². The number of anilines is 1. The van der Waals surface area contributed by atoms with Crippen LogP contribution in [0.25, 0.3) is 10.9 Å². The van der Waals surface area contributed by atoms with Crippen molar-refractivity contribution >= 4 is 40.2 Å². The molecule has 0 aliphatic heterocycles. The highest BCUT2D eigenvalue weighted by Crippen LogP contribution is 2.30. The number of aromatic nitrogens is 1. The summed E-state index contributed by atoms with van der Waals surface area (Å²) in [6.45, 7) is 5.01. The molecule has 0 bridgehead atoms. The first-order valence-corrected chi connectivity index (χ1v) is 12.0. The van der Waals surface area contributed by atoms with Gasteiger partial charge in [-0.15, -0.1) is 11.8 Å². The third-order valence-corrected chi connectivity index (χ3v) is 6.55. The summed E-state index contributed by atoms with van der Waals surface area (Å²) in [5.74, 6) is -0.375. The van der Waals surface area contributed by atoms with Crippen LogP contribution >= 0.6 is 11.8 Å². The minimum absolute atomic E-state index is 0.0552. The first-order valence-electron chi connectivity index (χ1n) is 11.0. The van der Waals surface area contributed by atoms with Crippen molar-refractivity contribution in [3.63, 3.8) is 0 Å². The molecule has 0 atom stereocenters. The maximum absolute atomic E-state index is 13.1. The van der Waals surface area contributed by atoms with E-state index in [1.807, 2.05) is 62.5 Å². The van der Waals surface area contributed by atoms with Gasteiger partial charge in [0.05, 0.1) is 5.75 Å². The summed E-state index contributed by atoms with van der Waals surface area (Å²) in [6, 6.07) is 19.4. The lowest BCUT2D eigenvalue weighted by Crippen LogP contribution is -2.27. The highest BCUT2D eigenvalue weighted by molar-refractivity contribution is 8.00. The Morgan fingerprint density at radius 2 is 1.76 bits per heavy atom. The van der Waals surface area contributed by atoms with Crippen molar-refractivity contribution in [2.24, 2.45) is 0 Å². The Kier molecular flexibility index (Phi) is 7.33. The number of hydrogen-bond donors (Lipinski definition) is 2. The lowest BCUT2D eigenvalue weighted by Gasteiger charge is -2.09. The third kappa shape index (κ3) is 5.66. The van der Waals surface area contributed by atoms with Gasteiger partial charge in [0.2, 0.25) is 5.91 Å². The molecule has 0 unspecified atom stereocenters. The molecule has 4 rings (SSSR count). The molecular formula is C27H26FN3O2S. The largest absolute Gasteiger partial charge is 0.350 e. The van der Waals surface area contributed by atoms with Crippen LogP contribution < -0.4 is 10.6 Å². The van der Waals surface area contributed by atoms with E-state index in [-0.39, 0.29) is 17.6 Å². The first-order chi connectivity index (χ1) is 16.4. The number of thioether (sulfide) groups is 1. The van der Waals surface area contributed by atoms with Crippen molar-refractivity contribution in [3.8, 4) is 0 Å². The molecule has 0 spiro atoms. The molecule has 0 radical (unpaired) electrons. The van der Waals surface area contributed by atoms with Crippen LogP contribution in [0.15, 0.2) is 77.8 Å². The zero-order chi connectivity index (χ0) is 24.1. The number of halogens is 1. The molecule has 0 saturated heterocycles. The van der Waals surface area contributed by atoms with E-state index < -0.39 is 0 Å². The van der Waals surface area contributed by atoms with Crippen molar-refractivity contribution in [2.75, 3.05) is 17.6 Å². The van der Waals surface area contributed by atoms with E-state index in [0.29, 0.717) is 24.4 Å². The summed E-state index contributed by atoms with van der Waals surface area (Å²) < 4.78 is 15.1. The molecule has 1 heterocycles. The average molecular weight is 476 g/mol. The molecule has 0 fully saturated rings. The quantitative estimate of drug-likeness (QED) is 0.328. The van der Waals surface area contributed by atoms with Gasteiger partial charge in [0.25, 0.3) is 5.91 Å². The maximum Gasteiger partial charge on any atom is 0.251 e. The number of para-hydroxylation sites is 1. The van der Waals surface area contributed by atoms with Crippen molar-refractivity contribution in [2.45, 2.75) is 25.3 Å². The Bertz CT molecular complexity index is 1330. The number of amides is 2. The molecule has 1 aromatic heterocycles. The number of carbonyl (C=O) groups excluding carboxylic acids is 2. The van der Waals surface area contributed by atoms with E-state index >= 15 is 0 Å². The summed E-state index contributed by atoms with van der Waals surface area (Å²) in [5.41, 5.74) is 4.49. The van der Waals surface area contributed by atoms with Gasteiger partial charge in [0.15, 0.2) is 0 Å². The second kappa shape index (κ2) is 10.6. The Morgan fingerprint density at radius 1 is 1.00 bits per heavy atom. The van der Waals surface area contributed by atoms with Crippen molar-refractivity contribution in [1.82, 2.24) is 9.88 Å². The molecule has 2 amide bonds. The minimum Gasteiger partial charge on any atom is -0.350 e. The van der Waals surface area contributed by atoms with Gasteiger partial charge >= 0.3 is 0 Å². The summed E-state index contributed by atoms with van der Waals surface area (Å²) >= 11 is 1.49. The van der Waals surface area contributed by atoms with Crippen LogP contribution in [0.3, 0.4) is 0 Å². The number of nitrogens with zero attached hydrogens (tertiary/aromatic N) is 1. The molecule has 0 saturated carbocycles. The zero-order valence-electron chi connectivity index (χ0n) is 19.1. The van der Waals surface area contributed by atoms with E-state index in [1.54, 1.807) is 0 Å². The monoisotopic (exact) mass is 475 g/mol. The molecule has 2 N–H and O–H groups in total. The van der Waals surface area contributed by atoms with E-state index in [0.717, 1.165) is 32.6 Å². The molecule has 0 aliphatic rings. The maximum atomic E-state index is 13.1. The van der Waals surface area contributed by atoms with Crippen LogP contribution in [0.2, 0.25) is 0 Å². The fourth-order valence-electron chi connectivity index (χ4n) is 3.79. The molecule has 34 heavy (non-hydrogen) atoms. The summed E-state index contributed by atoms with van der Waals surface area (Å²) in [4.78, 5) is 25.9. The number of benzene rings is 3. The molecule has 4 aromatic rings. The standard InChI is InChI=1S/C27H26FN3O2S/c1-18-7-12-23(19(2)15-18)30-26(32)17-34-25-16-31(24-6-4-3-5-22(24)25)14-13-29-27(33)20-8-10-21(28)11-9-20/h3-12,15-16H,13-14,17H2,1-2H3,(H,29,33)(H,30,32). The fraction of sp³-hybridized carbons (Fsp3) is 0.185. The van der Waals surface area contributed by atoms with Gasteiger partial charge in [-0.2, -0.15) is 0 Å². The summed E-state index contributed by atoms with van der Waals surface area (Å²) in [5, 5.41) is 6.93. The Hall–Kier alpha value is -3.58. The summed E-state index contributed by atoms with van der Waals surface area (Å²) in [6.07, 6.45) is 2.02. The van der Waals surface area contributed by atoms with Gasteiger partial charge in [0, 0.05) is 46.3 Å². The lowest BCUT2D eigenvalue weighted by molar-refractivity contribution is -0.113. The molecule has 174 valence electrons. The predicted molar refractivity (Wildman–Crippen MR) is 136 cm³/mol. The van der Waals surface area contributed by atoms with Crippen LogP contribution in [0, 0.1) is 19.7 Å². The molecule has 3 aromatic carbocycles. The van der Waals surface area contributed by atoms with Gasteiger partial charge in [-0.3, -0.25) is 9.59 Å². The van der Waals surface area contributed by atoms with Gasteiger partial charge in [-0.1, -0.05) is 35.9 Å². The minimum atomic E-state index is -0.372. The SMILES string of the molecule is Cc1ccc(NC(=O)CSc2cn(CCNC(=O)c3ccc(F)cc3)c3ccccc23)c(C)c1. The number of carbonyl (C=O) groups is 2. The second-order valence-electron chi connectivity index (χ2n) is 8.12. The highest BCUT2D eigenvalue weighted by atomic mass is 32.2. The summed E-state index contributed by atoms with van der Waals surface area (Å²) in [7, 11) is 0. The van der Waals surface area contributed by atoms with E-state index in [2.05, 4.69) is 15.2 Å². The Labute approximate surface area is 202 Å². The molecule has 0 aliphatic carbocycles. The van der Waals surface area contributed by atoms with E-state index in [9.17, 15) is 14.0 Å². The average Bonchev–Trinajstić information content (AvgIpc) is 3.18. The van der Waals surface area contributed by atoms with Crippen LogP contribution in [0.5, 0.6) is 0 Å². The smallest absolute Gasteiger partial charge is 0.251 e. The second-order valence-corrected chi connectivity index (χ2v) is 9.14. The lowest BCUT2D eigenvalue weighted by atomic mass is 10.1. The normalized spacial score (nSPS) is 10.9. The van der Waals surface area contributed by atoms with Crippen LogP contribution in [0.4, 0.5) is 10.1 Å². The number of hydrogen-bond acceptors (Lipinski definition) is 3. The molecule has 7 heteroatoms. The van der Waals surface area contributed by atoms with Crippen LogP contribution in [-0.4, -0.2) is 28.7 Å². The predicted octanol–water partition coefficient (Wildman–Crippen LogP) is 5.56. The third-order valence-electron chi connectivity index (χ3n) is 5.51. The number of rotatable bonds is 8. The number of aryl methyl sites for hydroxylation is 2. The number of nitrogens with one attached hydrogen (secondary N) is 2. The van der Waals surface area contributed by atoms with Crippen molar-refractivity contribution < 1.29 is 14.0 Å². The fourth-order valence-corrected chi connectivity index (χ4v) is 4.68. The van der Waals surface area contributed by atoms with Gasteiger partial charge in [-0.25, -0.2) is 4.39 Å². The van der Waals surface area contributed by atoms with Crippen molar-refractivity contribution in [1.29, 1.82) is 0 Å². The number of fused-ring (bicyclic) bond motifs is 1. The van der Waals surface area contributed by atoms with Crippen LogP contribution in [0.1, 0.15) is 21.5 Å². The first kappa shape index (κ1) is 23.6.